The summed E-state index contributed by atoms with van der Waals surface area (Å²) in [4.78, 5) is 4.28. The molecule has 0 spiro atoms. The lowest BCUT2D eigenvalue weighted by Crippen LogP contribution is -2.04. The monoisotopic (exact) mass is 318 g/mol. The Hall–Kier alpha value is -2.76. The molecule has 0 radical (unpaired) electrons. The molecule has 0 amide bonds. The number of rotatable bonds is 3. The van der Waals surface area contributed by atoms with E-state index in [1.165, 1.54) is 12.1 Å². The molecule has 3 nitrogen and oxygen atoms in total. The molecule has 23 heavy (non-hydrogen) atoms. The Balaban J connectivity index is 1.98. The van der Waals surface area contributed by atoms with Gasteiger partial charge in [0, 0.05) is 30.4 Å². The van der Waals surface area contributed by atoms with Crippen molar-refractivity contribution < 1.29 is 17.9 Å². The van der Waals surface area contributed by atoms with Crippen molar-refractivity contribution in [3.05, 3.63) is 60.3 Å². The summed E-state index contributed by atoms with van der Waals surface area (Å²) in [6, 6.07) is 12.0. The first-order valence-electron chi connectivity index (χ1n) is 6.89. The lowest BCUT2D eigenvalue weighted by atomic mass is 10.1. The van der Waals surface area contributed by atoms with Gasteiger partial charge in [0.25, 0.3) is 0 Å². The van der Waals surface area contributed by atoms with Crippen LogP contribution in [0.25, 0.3) is 10.9 Å². The van der Waals surface area contributed by atoms with Crippen LogP contribution < -0.4 is 10.1 Å². The molecule has 0 saturated carbocycles. The van der Waals surface area contributed by atoms with Crippen molar-refractivity contribution in [1.29, 1.82) is 0 Å². The van der Waals surface area contributed by atoms with Crippen LogP contribution in [-0.4, -0.2) is 12.0 Å². The Morgan fingerprint density at radius 2 is 1.78 bits per heavy atom. The van der Waals surface area contributed by atoms with E-state index in [0.717, 1.165) is 23.2 Å². The molecule has 2 aromatic carbocycles. The Morgan fingerprint density at radius 1 is 1.04 bits per heavy atom. The second-order valence-corrected chi connectivity index (χ2v) is 4.92. The first-order chi connectivity index (χ1) is 11.0. The largest absolute Gasteiger partial charge is 0.455 e. The zero-order valence-electron chi connectivity index (χ0n) is 12.2. The molecule has 0 fully saturated rings. The van der Waals surface area contributed by atoms with E-state index in [-0.39, 0.29) is 0 Å². The maximum atomic E-state index is 12.6. The van der Waals surface area contributed by atoms with Gasteiger partial charge in [0.15, 0.2) is 5.75 Å². The lowest BCUT2D eigenvalue weighted by Gasteiger charge is -2.12. The molecule has 0 aliphatic heterocycles. The average molecular weight is 318 g/mol. The van der Waals surface area contributed by atoms with E-state index in [2.05, 4.69) is 10.3 Å². The van der Waals surface area contributed by atoms with Gasteiger partial charge in [-0.3, -0.25) is 4.98 Å². The number of hydrogen-bond donors (Lipinski definition) is 1. The number of nitrogens with zero attached hydrogens (tertiary/aromatic N) is 1. The molecular formula is C17H13F3N2O. The molecule has 1 N–H and O–H groups in total. The molecule has 1 heterocycles. The highest BCUT2D eigenvalue weighted by atomic mass is 19.4. The molecule has 0 atom stereocenters. The van der Waals surface area contributed by atoms with Crippen molar-refractivity contribution in [2.75, 3.05) is 12.4 Å². The Bertz CT molecular complexity index is 829. The van der Waals surface area contributed by atoms with E-state index in [0.29, 0.717) is 17.0 Å². The van der Waals surface area contributed by atoms with Gasteiger partial charge in [-0.2, -0.15) is 13.2 Å². The number of hydrogen-bond acceptors (Lipinski definition) is 3. The van der Waals surface area contributed by atoms with E-state index in [9.17, 15) is 13.2 Å². The number of ether oxygens (including phenoxy) is 1. The third-order valence-electron chi connectivity index (χ3n) is 3.37. The highest BCUT2D eigenvalue weighted by Crippen LogP contribution is 2.34. The fourth-order valence-electron chi connectivity index (χ4n) is 2.22. The number of fused-ring (bicyclic) bond motifs is 1. The minimum atomic E-state index is -4.36. The molecule has 0 saturated heterocycles. The highest BCUT2D eigenvalue weighted by Gasteiger charge is 2.30. The van der Waals surface area contributed by atoms with Gasteiger partial charge in [-0.05, 0) is 36.4 Å². The molecule has 3 rings (SSSR count). The molecule has 6 heteroatoms. The summed E-state index contributed by atoms with van der Waals surface area (Å²) in [7, 11) is 1.78. The SMILES string of the molecule is CNc1cc(Oc2ccc(C(F)(F)F)cc2)c2ncccc2c1. The molecule has 0 aliphatic rings. The summed E-state index contributed by atoms with van der Waals surface area (Å²) in [5, 5.41) is 3.89. The predicted molar refractivity (Wildman–Crippen MR) is 82.8 cm³/mol. The summed E-state index contributed by atoms with van der Waals surface area (Å²) in [5.41, 5.74) is 0.760. The predicted octanol–water partition coefficient (Wildman–Crippen LogP) is 5.09. The second kappa shape index (κ2) is 5.79. The molecule has 1 aromatic heterocycles. The van der Waals surface area contributed by atoms with Crippen LogP contribution in [0.15, 0.2) is 54.7 Å². The fourth-order valence-corrected chi connectivity index (χ4v) is 2.22. The van der Waals surface area contributed by atoms with Gasteiger partial charge in [0.1, 0.15) is 11.3 Å². The number of alkyl halides is 3. The van der Waals surface area contributed by atoms with Crippen LogP contribution >= 0.6 is 0 Å². The van der Waals surface area contributed by atoms with Crippen LogP contribution in [0.3, 0.4) is 0 Å². The molecule has 0 aliphatic carbocycles. The number of halogens is 3. The molecule has 3 aromatic rings. The minimum Gasteiger partial charge on any atom is -0.455 e. The number of pyridine rings is 1. The van der Waals surface area contributed by atoms with E-state index in [1.54, 1.807) is 19.3 Å². The number of anilines is 1. The first kappa shape index (κ1) is 15.1. The second-order valence-electron chi connectivity index (χ2n) is 4.92. The number of nitrogens with one attached hydrogen (secondary N) is 1. The third-order valence-corrected chi connectivity index (χ3v) is 3.37. The minimum absolute atomic E-state index is 0.318. The van der Waals surface area contributed by atoms with E-state index in [4.69, 9.17) is 4.74 Å². The van der Waals surface area contributed by atoms with Gasteiger partial charge in [0.2, 0.25) is 0 Å². The average Bonchev–Trinajstić information content (AvgIpc) is 2.54. The topological polar surface area (TPSA) is 34.1 Å². The van der Waals surface area contributed by atoms with Crippen molar-refractivity contribution in [2.24, 2.45) is 0 Å². The smallest absolute Gasteiger partial charge is 0.416 e. The van der Waals surface area contributed by atoms with Gasteiger partial charge < -0.3 is 10.1 Å². The fraction of sp³-hybridized carbons (Fsp3) is 0.118. The third kappa shape index (κ3) is 3.21. The van der Waals surface area contributed by atoms with Gasteiger partial charge in [-0.15, -0.1) is 0 Å². The Morgan fingerprint density at radius 3 is 2.43 bits per heavy atom. The van der Waals surface area contributed by atoms with E-state index in [1.807, 2.05) is 18.2 Å². The lowest BCUT2D eigenvalue weighted by molar-refractivity contribution is -0.137. The van der Waals surface area contributed by atoms with Gasteiger partial charge in [-0.1, -0.05) is 6.07 Å². The molecular weight excluding hydrogens is 305 g/mol. The Labute approximate surface area is 130 Å². The summed E-state index contributed by atoms with van der Waals surface area (Å²) in [5.74, 6) is 0.797. The summed E-state index contributed by atoms with van der Waals surface area (Å²) in [6.45, 7) is 0. The standard InChI is InChI=1S/C17H13F3N2O/c1-21-13-9-11-3-2-8-22-16(11)15(10-13)23-14-6-4-12(5-7-14)17(18,19)20/h2-10,21H,1H3. The summed E-state index contributed by atoms with van der Waals surface area (Å²) >= 11 is 0. The van der Waals surface area contributed by atoms with Crippen LogP contribution in [0.4, 0.5) is 18.9 Å². The van der Waals surface area contributed by atoms with Crippen molar-refractivity contribution >= 4 is 16.6 Å². The quantitative estimate of drug-likeness (QED) is 0.730. The summed E-state index contributed by atoms with van der Waals surface area (Å²) < 4.78 is 43.5. The van der Waals surface area contributed by atoms with Gasteiger partial charge in [-0.25, -0.2) is 0 Å². The maximum Gasteiger partial charge on any atom is 0.416 e. The molecule has 0 unspecified atom stereocenters. The number of aromatic nitrogens is 1. The highest BCUT2D eigenvalue weighted by molar-refractivity contribution is 5.88. The van der Waals surface area contributed by atoms with Gasteiger partial charge in [0.05, 0.1) is 5.56 Å². The van der Waals surface area contributed by atoms with Crippen LogP contribution in [0.5, 0.6) is 11.5 Å². The van der Waals surface area contributed by atoms with Gasteiger partial charge >= 0.3 is 6.18 Å². The van der Waals surface area contributed by atoms with E-state index >= 15 is 0 Å². The van der Waals surface area contributed by atoms with Crippen molar-refractivity contribution in [2.45, 2.75) is 6.18 Å². The maximum absolute atomic E-state index is 12.6. The normalized spacial score (nSPS) is 11.5. The molecule has 118 valence electrons. The van der Waals surface area contributed by atoms with E-state index < -0.39 is 11.7 Å². The van der Waals surface area contributed by atoms with Crippen molar-refractivity contribution in [3.63, 3.8) is 0 Å². The van der Waals surface area contributed by atoms with Crippen molar-refractivity contribution in [3.8, 4) is 11.5 Å². The van der Waals surface area contributed by atoms with Crippen LogP contribution in [0.2, 0.25) is 0 Å². The summed E-state index contributed by atoms with van der Waals surface area (Å²) in [6.07, 6.45) is -2.72. The van der Waals surface area contributed by atoms with Crippen molar-refractivity contribution in [1.82, 2.24) is 4.98 Å². The molecule has 0 bridgehead atoms. The van der Waals surface area contributed by atoms with Crippen LogP contribution in [-0.2, 0) is 6.18 Å². The zero-order chi connectivity index (χ0) is 16.4. The van der Waals surface area contributed by atoms with Crippen LogP contribution in [0, 0.1) is 0 Å². The Kier molecular flexibility index (Phi) is 3.82. The zero-order valence-corrected chi connectivity index (χ0v) is 12.2. The number of benzene rings is 2. The van der Waals surface area contributed by atoms with Crippen LogP contribution in [0.1, 0.15) is 5.56 Å². The first-order valence-corrected chi connectivity index (χ1v) is 6.89.